The number of alkyl halides is 3. The van der Waals surface area contributed by atoms with Gasteiger partial charge in [0.25, 0.3) is 11.1 Å². The maximum atomic E-state index is 13.1. The molecule has 0 radical (unpaired) electrons. The molecule has 3 aromatic carbocycles. The molecule has 1 saturated heterocycles. The van der Waals surface area contributed by atoms with Crippen molar-refractivity contribution in [3.63, 3.8) is 0 Å². The number of halogens is 4. The molecule has 1 aliphatic heterocycles. The summed E-state index contributed by atoms with van der Waals surface area (Å²) in [5.74, 6) is -1.83. The minimum absolute atomic E-state index is 0.0324. The highest BCUT2D eigenvalue weighted by Gasteiger charge is 2.37. The third-order valence-electron chi connectivity index (χ3n) is 5.44. The van der Waals surface area contributed by atoms with E-state index < -0.39 is 51.7 Å². The molecule has 1 N–H and O–H groups in total. The Morgan fingerprint density at radius 1 is 1.12 bits per heavy atom. The zero-order valence-corrected chi connectivity index (χ0v) is 22.7. The summed E-state index contributed by atoms with van der Waals surface area (Å²) in [5.41, 5.74) is -0.536. The second kappa shape index (κ2) is 11.5. The summed E-state index contributed by atoms with van der Waals surface area (Å²) in [4.78, 5) is 49.2. The first-order valence-corrected chi connectivity index (χ1v) is 12.9. The molecule has 0 aromatic heterocycles. The van der Waals surface area contributed by atoms with Crippen LogP contribution in [0.25, 0.3) is 6.08 Å². The highest BCUT2D eigenvalue weighted by molar-refractivity contribution is 9.10. The second-order valence-electron chi connectivity index (χ2n) is 8.41. The van der Waals surface area contributed by atoms with E-state index in [0.717, 1.165) is 16.5 Å². The van der Waals surface area contributed by atoms with E-state index in [4.69, 9.17) is 4.74 Å². The lowest BCUT2D eigenvalue weighted by molar-refractivity contribution is -0.385. The lowest BCUT2D eigenvalue weighted by Gasteiger charge is -2.13. The number of amides is 3. The summed E-state index contributed by atoms with van der Waals surface area (Å²) in [6, 6.07) is 13.2. The van der Waals surface area contributed by atoms with Crippen LogP contribution < -0.4 is 10.1 Å². The number of benzene rings is 3. The highest BCUT2D eigenvalue weighted by atomic mass is 79.9. The number of nitro benzene ring substituents is 1. The van der Waals surface area contributed by atoms with Crippen LogP contribution in [0.15, 0.2) is 70.0 Å². The van der Waals surface area contributed by atoms with Gasteiger partial charge in [-0.3, -0.25) is 29.4 Å². The molecule has 1 fully saturated rings. The van der Waals surface area contributed by atoms with Crippen molar-refractivity contribution in [3.8, 4) is 11.5 Å². The van der Waals surface area contributed by atoms with Gasteiger partial charge in [-0.1, -0.05) is 28.1 Å². The molecule has 40 heavy (non-hydrogen) atoms. The average molecular weight is 636 g/mol. The van der Waals surface area contributed by atoms with E-state index in [9.17, 15) is 37.7 Å². The Morgan fingerprint density at radius 3 is 2.52 bits per heavy atom. The van der Waals surface area contributed by atoms with E-state index in [2.05, 4.69) is 21.2 Å². The first kappa shape index (κ1) is 28.8. The highest BCUT2D eigenvalue weighted by Crippen LogP contribution is 2.40. The number of carbonyl (C=O) groups is 3. The van der Waals surface area contributed by atoms with Gasteiger partial charge in [-0.15, -0.1) is 0 Å². The molecule has 206 valence electrons. The van der Waals surface area contributed by atoms with Gasteiger partial charge < -0.3 is 10.1 Å². The van der Waals surface area contributed by atoms with Gasteiger partial charge in [0.1, 0.15) is 12.3 Å². The molecule has 3 amide bonds. The SMILES string of the molecule is Cc1cccc(NC(=O)CN2C(=O)S/C(=C/c3cc(Br)ccc3Oc3ccc(C(F)(F)F)cc3[N+](=O)[O-])C2=O)c1. The Balaban J connectivity index is 1.58. The van der Waals surface area contributed by atoms with Crippen LogP contribution in [-0.4, -0.2) is 33.4 Å². The molecule has 1 aliphatic rings. The van der Waals surface area contributed by atoms with Crippen molar-refractivity contribution < 1.29 is 37.2 Å². The van der Waals surface area contributed by atoms with Crippen molar-refractivity contribution in [1.82, 2.24) is 4.90 Å². The van der Waals surface area contributed by atoms with Crippen LogP contribution in [-0.2, 0) is 15.8 Å². The number of ether oxygens (including phenoxy) is 1. The number of hydrogen-bond donors (Lipinski definition) is 1. The van der Waals surface area contributed by atoms with Gasteiger partial charge >= 0.3 is 11.9 Å². The summed E-state index contributed by atoms with van der Waals surface area (Å²) in [6.45, 7) is 1.31. The fourth-order valence-corrected chi connectivity index (χ4v) is 4.82. The summed E-state index contributed by atoms with van der Waals surface area (Å²) in [5, 5.41) is 13.4. The van der Waals surface area contributed by atoms with E-state index in [0.29, 0.717) is 34.1 Å². The fourth-order valence-electron chi connectivity index (χ4n) is 3.61. The van der Waals surface area contributed by atoms with E-state index in [-0.39, 0.29) is 16.2 Å². The van der Waals surface area contributed by atoms with Gasteiger partial charge in [0.2, 0.25) is 11.7 Å². The Hall–Kier alpha value is -4.17. The molecule has 0 bridgehead atoms. The molecule has 4 rings (SSSR count). The largest absolute Gasteiger partial charge is 0.449 e. The van der Waals surface area contributed by atoms with Crippen LogP contribution in [0, 0.1) is 17.0 Å². The number of nitro groups is 1. The molecule has 0 saturated carbocycles. The Morgan fingerprint density at radius 2 is 1.85 bits per heavy atom. The summed E-state index contributed by atoms with van der Waals surface area (Å²) < 4.78 is 45.3. The number of aryl methyl sites for hydroxylation is 1. The molecule has 9 nitrogen and oxygen atoms in total. The maximum Gasteiger partial charge on any atom is 0.416 e. The van der Waals surface area contributed by atoms with Crippen LogP contribution in [0.2, 0.25) is 0 Å². The number of rotatable bonds is 7. The van der Waals surface area contributed by atoms with Gasteiger partial charge in [-0.05, 0) is 72.8 Å². The van der Waals surface area contributed by atoms with Crippen LogP contribution in [0.1, 0.15) is 16.7 Å². The molecule has 0 aliphatic carbocycles. The number of hydrogen-bond acceptors (Lipinski definition) is 7. The van der Waals surface area contributed by atoms with Crippen molar-refractivity contribution in [2.75, 3.05) is 11.9 Å². The number of imide groups is 1. The van der Waals surface area contributed by atoms with Crippen molar-refractivity contribution in [2.45, 2.75) is 13.1 Å². The van der Waals surface area contributed by atoms with Crippen molar-refractivity contribution in [1.29, 1.82) is 0 Å². The van der Waals surface area contributed by atoms with E-state index >= 15 is 0 Å². The van der Waals surface area contributed by atoms with Gasteiger partial charge in [-0.25, -0.2) is 0 Å². The molecule has 3 aromatic rings. The van der Waals surface area contributed by atoms with Crippen molar-refractivity contribution in [2.24, 2.45) is 0 Å². The summed E-state index contributed by atoms with van der Waals surface area (Å²) >= 11 is 3.84. The Labute approximate surface area is 237 Å². The predicted octanol–water partition coefficient (Wildman–Crippen LogP) is 7.15. The normalized spacial score (nSPS) is 14.5. The molecule has 0 spiro atoms. The second-order valence-corrected chi connectivity index (χ2v) is 10.3. The third kappa shape index (κ3) is 6.69. The topological polar surface area (TPSA) is 119 Å². The van der Waals surface area contributed by atoms with Gasteiger partial charge in [0.15, 0.2) is 0 Å². The Bertz CT molecular complexity index is 1580. The van der Waals surface area contributed by atoms with E-state index in [1.54, 1.807) is 18.2 Å². The molecular weight excluding hydrogens is 619 g/mol. The molecule has 14 heteroatoms. The van der Waals surface area contributed by atoms with Crippen LogP contribution in [0.4, 0.5) is 29.3 Å². The molecular formula is C26H17BrF3N3O6S. The molecule has 0 unspecified atom stereocenters. The van der Waals surface area contributed by atoms with Crippen LogP contribution in [0.3, 0.4) is 0 Å². The molecule has 0 atom stereocenters. The lowest BCUT2D eigenvalue weighted by atomic mass is 10.1. The average Bonchev–Trinajstić information content (AvgIpc) is 3.12. The minimum Gasteiger partial charge on any atom is -0.449 e. The lowest BCUT2D eigenvalue weighted by Crippen LogP contribution is -2.36. The first-order chi connectivity index (χ1) is 18.8. The Kier molecular flexibility index (Phi) is 8.30. The number of thioether (sulfide) groups is 1. The summed E-state index contributed by atoms with van der Waals surface area (Å²) in [6.07, 6.45) is -3.51. The number of carbonyl (C=O) groups excluding carboxylic acids is 3. The fraction of sp³-hybridized carbons (Fsp3) is 0.115. The smallest absolute Gasteiger partial charge is 0.416 e. The first-order valence-electron chi connectivity index (χ1n) is 11.3. The van der Waals surface area contributed by atoms with Crippen molar-refractivity contribution >= 4 is 62.2 Å². The standard InChI is InChI=1S/C26H17BrF3N3O6S/c1-14-3-2-4-18(9-14)31-23(34)13-32-24(35)22(40-25(32)36)11-15-10-17(27)6-8-20(15)39-21-7-5-16(26(28,29)30)12-19(21)33(37)38/h2-12H,13H2,1H3,(H,31,34)/b22-11+. The van der Waals surface area contributed by atoms with Crippen molar-refractivity contribution in [3.05, 3.63) is 96.8 Å². The van der Waals surface area contributed by atoms with E-state index in [1.807, 2.05) is 13.0 Å². The zero-order valence-electron chi connectivity index (χ0n) is 20.3. The maximum absolute atomic E-state index is 13.1. The summed E-state index contributed by atoms with van der Waals surface area (Å²) in [7, 11) is 0. The van der Waals surface area contributed by atoms with Crippen LogP contribution >= 0.6 is 27.7 Å². The van der Waals surface area contributed by atoms with Gasteiger partial charge in [0, 0.05) is 21.8 Å². The number of nitrogens with one attached hydrogen (secondary N) is 1. The zero-order chi connectivity index (χ0) is 29.2. The quantitative estimate of drug-likeness (QED) is 0.166. The van der Waals surface area contributed by atoms with Gasteiger partial charge in [0.05, 0.1) is 15.4 Å². The monoisotopic (exact) mass is 635 g/mol. The van der Waals surface area contributed by atoms with Gasteiger partial charge in [-0.2, -0.15) is 13.2 Å². The third-order valence-corrected chi connectivity index (χ3v) is 6.84. The molecule has 1 heterocycles. The number of anilines is 1. The minimum atomic E-state index is -4.80. The van der Waals surface area contributed by atoms with Crippen LogP contribution in [0.5, 0.6) is 11.5 Å². The van der Waals surface area contributed by atoms with E-state index in [1.165, 1.54) is 24.3 Å². The predicted molar refractivity (Wildman–Crippen MR) is 145 cm³/mol. The number of nitrogens with zero attached hydrogens (tertiary/aromatic N) is 2.